The van der Waals surface area contributed by atoms with Crippen LogP contribution in [0.25, 0.3) is 11.1 Å². The van der Waals surface area contributed by atoms with Gasteiger partial charge in [-0.3, -0.25) is 19.5 Å². The fraction of sp³-hybridized carbons (Fsp3) is 0.242. The Hall–Kier alpha value is -5.00. The Morgan fingerprint density at radius 2 is 1.02 bits per heavy atom. The zero-order valence-corrected chi connectivity index (χ0v) is 26.9. The van der Waals surface area contributed by atoms with Gasteiger partial charge in [0.1, 0.15) is 0 Å². The van der Waals surface area contributed by atoms with Gasteiger partial charge in [0.05, 0.1) is 4.90 Å². The summed E-state index contributed by atoms with van der Waals surface area (Å²) in [6.07, 6.45) is -6.45. The molecule has 1 aromatic heterocycles. The highest BCUT2D eigenvalue weighted by Gasteiger charge is 2.38. The molecule has 1 fully saturated rings. The topological polar surface area (TPSA) is 140 Å². The van der Waals surface area contributed by atoms with Crippen LogP contribution in [0.5, 0.6) is 0 Å². The van der Waals surface area contributed by atoms with E-state index in [-0.39, 0.29) is 4.90 Å². The Balaban J connectivity index is 0.000000408. The second-order valence-corrected chi connectivity index (χ2v) is 12.4. The molecule has 1 saturated heterocycles. The molecule has 1 aliphatic rings. The Labute approximate surface area is 283 Å². The number of carbonyl (C=O) groups is 2. The number of anilines is 1. The molecule has 268 valence electrons. The number of aliphatic carboxylic acids is 2. The predicted octanol–water partition coefficient (Wildman–Crippen LogP) is 6.13. The second kappa shape index (κ2) is 17.6. The molecule has 1 aliphatic heterocycles. The van der Waals surface area contributed by atoms with Crippen molar-refractivity contribution in [1.29, 1.82) is 0 Å². The van der Waals surface area contributed by atoms with E-state index >= 15 is 0 Å². The van der Waals surface area contributed by atoms with E-state index in [2.05, 4.69) is 55.9 Å². The fourth-order valence-electron chi connectivity index (χ4n) is 4.46. The van der Waals surface area contributed by atoms with E-state index in [0.29, 0.717) is 5.69 Å². The number of aromatic nitrogens is 1. The number of alkyl halides is 6. The van der Waals surface area contributed by atoms with Crippen LogP contribution in [-0.4, -0.2) is 83.9 Å². The lowest BCUT2D eigenvalue weighted by Crippen LogP contribution is -2.45. The minimum absolute atomic E-state index is 0.250. The van der Waals surface area contributed by atoms with Crippen molar-refractivity contribution in [2.75, 3.05) is 30.9 Å². The molecule has 3 aromatic carbocycles. The highest BCUT2D eigenvalue weighted by atomic mass is 32.2. The van der Waals surface area contributed by atoms with Gasteiger partial charge in [-0.2, -0.15) is 26.3 Å². The number of hydrogen-bond acceptors (Lipinski definition) is 7. The average Bonchev–Trinajstić information content (AvgIpc) is 3.07. The van der Waals surface area contributed by atoms with Gasteiger partial charge >= 0.3 is 24.3 Å². The second-order valence-electron chi connectivity index (χ2n) is 10.7. The molecule has 3 N–H and O–H groups in total. The number of piperazine rings is 1. The van der Waals surface area contributed by atoms with Crippen LogP contribution in [0, 0.1) is 0 Å². The summed E-state index contributed by atoms with van der Waals surface area (Å²) in [6.45, 7) is 6.20. The van der Waals surface area contributed by atoms with Crippen molar-refractivity contribution in [1.82, 2.24) is 14.8 Å². The van der Waals surface area contributed by atoms with Gasteiger partial charge in [0.25, 0.3) is 10.0 Å². The third-order valence-electron chi connectivity index (χ3n) is 6.99. The van der Waals surface area contributed by atoms with Gasteiger partial charge in [-0.05, 0) is 58.7 Å². The number of nitrogens with one attached hydrogen (secondary N) is 1. The number of halogens is 6. The summed E-state index contributed by atoms with van der Waals surface area (Å²) < 4.78 is 91.2. The quantitative estimate of drug-likeness (QED) is 0.183. The summed E-state index contributed by atoms with van der Waals surface area (Å²) in [7, 11) is -3.59. The first-order valence-electron chi connectivity index (χ1n) is 14.6. The number of rotatable bonds is 8. The highest BCUT2D eigenvalue weighted by molar-refractivity contribution is 7.92. The Bertz CT molecular complexity index is 1740. The monoisotopic (exact) mass is 726 g/mol. The number of pyridine rings is 1. The Morgan fingerprint density at radius 1 is 0.640 bits per heavy atom. The third-order valence-corrected chi connectivity index (χ3v) is 8.39. The Morgan fingerprint density at radius 3 is 1.42 bits per heavy atom. The lowest BCUT2D eigenvalue weighted by atomic mass is 10.0. The minimum Gasteiger partial charge on any atom is -0.475 e. The molecule has 50 heavy (non-hydrogen) atoms. The van der Waals surface area contributed by atoms with E-state index in [0.717, 1.165) is 50.4 Å². The molecule has 0 bridgehead atoms. The fourth-order valence-corrected chi connectivity index (χ4v) is 5.54. The molecule has 0 spiro atoms. The smallest absolute Gasteiger partial charge is 0.475 e. The summed E-state index contributed by atoms with van der Waals surface area (Å²) >= 11 is 0. The standard InChI is InChI=1S/C29H30N4O2S.2C2HF3O2/c34-36(35,29-4-2-1-3-5-29)31-28-12-10-27(11-13-28)26-8-6-24(7-9-26)22-32-18-20-33(21-19-32)23-25-14-16-30-17-15-25;2*3-2(4,5)1(6)7/h1-17,31H,18-23H2;2*(H,6,7). The van der Waals surface area contributed by atoms with E-state index in [4.69, 9.17) is 19.8 Å². The molecule has 10 nitrogen and oxygen atoms in total. The van der Waals surface area contributed by atoms with Gasteiger partial charge in [-0.1, -0.05) is 54.6 Å². The molecule has 0 saturated carbocycles. The van der Waals surface area contributed by atoms with E-state index in [1.807, 2.05) is 24.5 Å². The molecule has 0 radical (unpaired) electrons. The van der Waals surface area contributed by atoms with Gasteiger partial charge in [0.15, 0.2) is 0 Å². The van der Waals surface area contributed by atoms with Crippen molar-refractivity contribution >= 4 is 27.6 Å². The molecular formula is C33H32F6N4O6S. The first kappa shape index (κ1) is 39.4. The number of carboxylic acid groups (broad SMARTS) is 2. The maximum Gasteiger partial charge on any atom is 0.490 e. The van der Waals surface area contributed by atoms with Gasteiger partial charge in [0.2, 0.25) is 0 Å². The predicted molar refractivity (Wildman–Crippen MR) is 171 cm³/mol. The van der Waals surface area contributed by atoms with Gasteiger partial charge < -0.3 is 10.2 Å². The van der Waals surface area contributed by atoms with Crippen molar-refractivity contribution in [3.63, 3.8) is 0 Å². The van der Waals surface area contributed by atoms with Crippen molar-refractivity contribution in [2.24, 2.45) is 0 Å². The average molecular weight is 727 g/mol. The molecule has 5 rings (SSSR count). The molecule has 4 aromatic rings. The van der Waals surface area contributed by atoms with Crippen LogP contribution in [0.4, 0.5) is 32.0 Å². The van der Waals surface area contributed by atoms with Crippen LogP contribution in [0.3, 0.4) is 0 Å². The lowest BCUT2D eigenvalue weighted by molar-refractivity contribution is -0.193. The first-order chi connectivity index (χ1) is 23.4. The van der Waals surface area contributed by atoms with Gasteiger partial charge in [-0.25, -0.2) is 18.0 Å². The molecule has 0 aliphatic carbocycles. The summed E-state index contributed by atoms with van der Waals surface area (Å²) in [5.41, 5.74) is 5.32. The Kier molecular flexibility index (Phi) is 13.9. The number of sulfonamides is 1. The molecule has 17 heteroatoms. The summed E-state index contributed by atoms with van der Waals surface area (Å²) in [5.74, 6) is -5.51. The normalized spacial score (nSPS) is 14.0. The maximum absolute atomic E-state index is 12.5. The SMILES string of the molecule is O=C(O)C(F)(F)F.O=C(O)C(F)(F)F.O=S(=O)(Nc1ccc(-c2ccc(CN3CCN(Cc4ccncc4)CC3)cc2)cc1)c1ccccc1. The molecule has 0 amide bonds. The molecule has 0 atom stereocenters. The first-order valence-corrected chi connectivity index (χ1v) is 16.1. The number of carboxylic acids is 2. The maximum atomic E-state index is 12.5. The van der Waals surface area contributed by atoms with Crippen LogP contribution in [-0.2, 0) is 32.7 Å². The lowest BCUT2D eigenvalue weighted by Gasteiger charge is -2.34. The van der Waals surface area contributed by atoms with E-state index < -0.39 is 34.3 Å². The molecule has 2 heterocycles. The summed E-state index contributed by atoms with van der Waals surface area (Å²) in [5, 5.41) is 14.2. The molecule has 0 unspecified atom stereocenters. The van der Waals surface area contributed by atoms with Crippen LogP contribution in [0.15, 0.2) is 108 Å². The zero-order chi connectivity index (χ0) is 37.0. The number of hydrogen-bond donors (Lipinski definition) is 3. The van der Waals surface area contributed by atoms with E-state index in [1.165, 1.54) is 11.1 Å². The van der Waals surface area contributed by atoms with Crippen LogP contribution >= 0.6 is 0 Å². The van der Waals surface area contributed by atoms with Crippen LogP contribution in [0.2, 0.25) is 0 Å². The van der Waals surface area contributed by atoms with Crippen molar-refractivity contribution < 1.29 is 54.6 Å². The number of nitrogens with zero attached hydrogens (tertiary/aromatic N) is 3. The summed E-state index contributed by atoms with van der Waals surface area (Å²) in [6, 6.07) is 28.7. The largest absolute Gasteiger partial charge is 0.490 e. The number of benzene rings is 3. The van der Waals surface area contributed by atoms with Crippen LogP contribution < -0.4 is 4.72 Å². The van der Waals surface area contributed by atoms with Crippen LogP contribution in [0.1, 0.15) is 11.1 Å². The zero-order valence-electron chi connectivity index (χ0n) is 26.1. The van der Waals surface area contributed by atoms with E-state index in [1.54, 1.807) is 42.5 Å². The van der Waals surface area contributed by atoms with E-state index in [9.17, 15) is 34.8 Å². The third kappa shape index (κ3) is 13.1. The highest BCUT2D eigenvalue weighted by Crippen LogP contribution is 2.24. The van der Waals surface area contributed by atoms with Gasteiger partial charge in [0, 0.05) is 57.3 Å². The van der Waals surface area contributed by atoms with Crippen molar-refractivity contribution in [3.8, 4) is 11.1 Å². The minimum atomic E-state index is -5.08. The van der Waals surface area contributed by atoms with Crippen molar-refractivity contribution in [3.05, 3.63) is 115 Å². The van der Waals surface area contributed by atoms with Crippen molar-refractivity contribution in [2.45, 2.75) is 30.3 Å². The molecular weight excluding hydrogens is 694 g/mol. The van der Waals surface area contributed by atoms with Gasteiger partial charge in [-0.15, -0.1) is 0 Å². The summed E-state index contributed by atoms with van der Waals surface area (Å²) in [4.78, 5) is 27.1.